The zero-order valence-electron chi connectivity index (χ0n) is 25.1. The van der Waals surface area contributed by atoms with Gasteiger partial charge in [0, 0.05) is 16.3 Å². The van der Waals surface area contributed by atoms with Crippen molar-refractivity contribution in [2.24, 2.45) is 11.8 Å². The molecule has 0 N–H and O–H groups in total. The van der Waals surface area contributed by atoms with E-state index in [4.69, 9.17) is 0 Å². The number of alkyl halides is 3. The number of allylic oxidation sites excluding steroid dienone is 2. The Kier molecular flexibility index (Phi) is 6.46. The Morgan fingerprint density at radius 3 is 2.23 bits per heavy atom. The van der Waals surface area contributed by atoms with Crippen molar-refractivity contribution in [1.29, 1.82) is 0 Å². The van der Waals surface area contributed by atoms with Crippen LogP contribution in [0.3, 0.4) is 0 Å². The number of nitrogens with zero attached hydrogens (tertiary/aromatic N) is 1. The third-order valence-corrected chi connectivity index (χ3v) is 9.67. The first-order chi connectivity index (χ1) is 20.5. The first-order valence-electron chi connectivity index (χ1n) is 15.3. The van der Waals surface area contributed by atoms with E-state index in [-0.39, 0.29) is 6.04 Å². The van der Waals surface area contributed by atoms with Crippen molar-refractivity contribution in [3.05, 3.63) is 119 Å². The molecule has 4 heteroatoms. The lowest BCUT2D eigenvalue weighted by molar-refractivity contribution is -0.137. The highest BCUT2D eigenvalue weighted by atomic mass is 19.4. The quantitative estimate of drug-likeness (QED) is 0.196. The standard InChI is InChI=1S/C39H36F3N/c1-22(2)26-8-6-25(7-9-26)16-36-24(5)33-18-31(27-12-14-32(15-13-27)39(40,41)42)20-35-34-19-30-17-28(23(3)4)10-11-29(30)21-37(34)43(36)38(33)35/h6-15,18-23,28,36H,5,16-17H2,1-4H3. The highest BCUT2D eigenvalue weighted by molar-refractivity contribution is 6.15. The second-order valence-electron chi connectivity index (χ2n) is 13.0. The van der Waals surface area contributed by atoms with Gasteiger partial charge in [-0.3, -0.25) is 0 Å². The van der Waals surface area contributed by atoms with Gasteiger partial charge in [0.25, 0.3) is 0 Å². The van der Waals surface area contributed by atoms with Gasteiger partial charge in [0.1, 0.15) is 0 Å². The van der Waals surface area contributed by atoms with E-state index in [0.717, 1.165) is 40.5 Å². The minimum absolute atomic E-state index is 0.0526. The third-order valence-electron chi connectivity index (χ3n) is 9.67. The van der Waals surface area contributed by atoms with E-state index in [1.165, 1.54) is 50.8 Å². The van der Waals surface area contributed by atoms with Crippen LogP contribution in [0.5, 0.6) is 0 Å². The number of rotatable bonds is 5. The molecule has 5 aromatic rings. The Labute approximate surface area is 251 Å². The van der Waals surface area contributed by atoms with E-state index in [2.05, 4.69) is 99.5 Å². The fourth-order valence-electron chi connectivity index (χ4n) is 7.02. The first-order valence-corrected chi connectivity index (χ1v) is 15.3. The molecule has 0 saturated heterocycles. The highest BCUT2D eigenvalue weighted by Gasteiger charge is 2.33. The summed E-state index contributed by atoms with van der Waals surface area (Å²) in [5.41, 5.74) is 10.8. The van der Waals surface area contributed by atoms with Crippen molar-refractivity contribution in [2.45, 2.75) is 58.7 Å². The lowest BCUT2D eigenvalue weighted by Gasteiger charge is -2.23. The van der Waals surface area contributed by atoms with E-state index in [0.29, 0.717) is 17.8 Å². The summed E-state index contributed by atoms with van der Waals surface area (Å²) in [7, 11) is 0. The average Bonchev–Trinajstić information content (AvgIpc) is 3.44. The van der Waals surface area contributed by atoms with Crippen LogP contribution < -0.4 is 0 Å². The molecule has 0 amide bonds. The van der Waals surface area contributed by atoms with E-state index in [1.807, 2.05) is 0 Å². The summed E-state index contributed by atoms with van der Waals surface area (Å²) < 4.78 is 42.4. The fraction of sp³-hybridized carbons (Fsp3) is 0.282. The van der Waals surface area contributed by atoms with Crippen LogP contribution in [0.1, 0.15) is 73.0 Å². The number of halogens is 3. The molecule has 43 heavy (non-hydrogen) atoms. The Morgan fingerprint density at radius 1 is 0.860 bits per heavy atom. The molecule has 2 unspecified atom stereocenters. The monoisotopic (exact) mass is 575 g/mol. The van der Waals surface area contributed by atoms with E-state index >= 15 is 0 Å². The second kappa shape index (κ2) is 10.0. The highest BCUT2D eigenvalue weighted by Crippen LogP contribution is 2.49. The predicted octanol–water partition coefficient (Wildman–Crippen LogP) is 11.3. The van der Waals surface area contributed by atoms with Crippen molar-refractivity contribution < 1.29 is 13.2 Å². The van der Waals surface area contributed by atoms with Crippen LogP contribution in [0.2, 0.25) is 0 Å². The van der Waals surface area contributed by atoms with Gasteiger partial charge in [0.05, 0.1) is 22.6 Å². The van der Waals surface area contributed by atoms with E-state index < -0.39 is 11.7 Å². The molecule has 1 nitrogen and oxygen atoms in total. The number of fused-ring (bicyclic) bond motifs is 4. The maximum absolute atomic E-state index is 13.3. The lowest BCUT2D eigenvalue weighted by atomic mass is 9.82. The molecule has 218 valence electrons. The molecule has 1 aromatic heterocycles. The third kappa shape index (κ3) is 4.63. The molecule has 0 spiro atoms. The second-order valence-corrected chi connectivity index (χ2v) is 13.0. The summed E-state index contributed by atoms with van der Waals surface area (Å²) in [5, 5.41) is 2.34. The average molecular weight is 576 g/mol. The van der Waals surface area contributed by atoms with Crippen LogP contribution in [0, 0.1) is 11.8 Å². The summed E-state index contributed by atoms with van der Waals surface area (Å²) in [6.07, 6.45) is 2.11. The van der Waals surface area contributed by atoms with Crippen LogP contribution in [-0.4, -0.2) is 4.57 Å². The molecular formula is C39H36F3N. The molecule has 0 radical (unpaired) electrons. The Morgan fingerprint density at radius 2 is 1.58 bits per heavy atom. The molecule has 0 saturated carbocycles. The van der Waals surface area contributed by atoms with E-state index in [1.54, 1.807) is 12.1 Å². The smallest absolute Gasteiger partial charge is 0.332 e. The van der Waals surface area contributed by atoms with Crippen LogP contribution >= 0.6 is 0 Å². The summed E-state index contributed by atoms with van der Waals surface area (Å²) >= 11 is 0. The van der Waals surface area contributed by atoms with E-state index in [9.17, 15) is 13.2 Å². The Hall–Kier alpha value is -4.05. The molecule has 2 aliphatic rings. The van der Waals surface area contributed by atoms with Crippen LogP contribution in [0.25, 0.3) is 44.6 Å². The zero-order valence-corrected chi connectivity index (χ0v) is 25.1. The fourth-order valence-corrected chi connectivity index (χ4v) is 7.02. The van der Waals surface area contributed by atoms with Gasteiger partial charge in [-0.25, -0.2) is 0 Å². The molecular weight excluding hydrogens is 539 g/mol. The molecule has 0 fully saturated rings. The molecule has 1 aliphatic heterocycles. The Bertz CT molecular complexity index is 1920. The van der Waals surface area contributed by atoms with Gasteiger partial charge in [-0.05, 0) is 106 Å². The largest absolute Gasteiger partial charge is 0.416 e. The number of hydrogen-bond donors (Lipinski definition) is 0. The summed E-state index contributed by atoms with van der Waals surface area (Å²) in [5.74, 6) is 1.55. The summed E-state index contributed by atoms with van der Waals surface area (Å²) in [6, 6.07) is 23.5. The van der Waals surface area contributed by atoms with Crippen molar-refractivity contribution in [2.75, 3.05) is 0 Å². The first kappa shape index (κ1) is 27.8. The maximum atomic E-state index is 13.3. The van der Waals surface area contributed by atoms with Gasteiger partial charge < -0.3 is 4.57 Å². The minimum atomic E-state index is -4.36. The van der Waals surface area contributed by atoms with Crippen LogP contribution in [0.15, 0.2) is 85.5 Å². The van der Waals surface area contributed by atoms with Crippen molar-refractivity contribution in [3.8, 4) is 11.1 Å². The van der Waals surface area contributed by atoms with Gasteiger partial charge in [-0.1, -0.05) is 82.8 Å². The van der Waals surface area contributed by atoms with Crippen LogP contribution in [0.4, 0.5) is 13.2 Å². The molecule has 7 rings (SSSR count). The van der Waals surface area contributed by atoms with Gasteiger partial charge >= 0.3 is 6.18 Å². The SMILES string of the molecule is C=C1c2cc(-c3ccc(C(F)(F)F)cc3)cc3c4cc5c(cc4n(c23)C1Cc1ccc(C(C)C)cc1)C=CC(C(C)C)C5. The number of aromatic nitrogens is 1. The van der Waals surface area contributed by atoms with Crippen molar-refractivity contribution in [1.82, 2.24) is 4.57 Å². The Balaban J connectivity index is 1.41. The zero-order chi connectivity index (χ0) is 30.2. The molecule has 2 atom stereocenters. The lowest BCUT2D eigenvalue weighted by Crippen LogP contribution is -2.13. The van der Waals surface area contributed by atoms with Crippen molar-refractivity contribution >= 4 is 33.5 Å². The van der Waals surface area contributed by atoms with Gasteiger partial charge in [-0.15, -0.1) is 0 Å². The van der Waals surface area contributed by atoms with Gasteiger partial charge in [-0.2, -0.15) is 13.2 Å². The molecule has 2 heterocycles. The topological polar surface area (TPSA) is 4.93 Å². The molecule has 1 aliphatic carbocycles. The minimum Gasteiger partial charge on any atom is -0.332 e. The predicted molar refractivity (Wildman–Crippen MR) is 173 cm³/mol. The maximum Gasteiger partial charge on any atom is 0.416 e. The summed E-state index contributed by atoms with van der Waals surface area (Å²) in [4.78, 5) is 0. The summed E-state index contributed by atoms with van der Waals surface area (Å²) in [6.45, 7) is 13.6. The van der Waals surface area contributed by atoms with Crippen LogP contribution in [-0.2, 0) is 19.0 Å². The molecule has 0 bridgehead atoms. The molecule has 4 aromatic carbocycles. The van der Waals surface area contributed by atoms with Gasteiger partial charge in [0.15, 0.2) is 0 Å². The van der Waals surface area contributed by atoms with Crippen molar-refractivity contribution in [3.63, 3.8) is 0 Å². The number of benzene rings is 4. The van der Waals surface area contributed by atoms with Gasteiger partial charge in [0.2, 0.25) is 0 Å². The normalized spacial score (nSPS) is 18.0. The number of hydrogen-bond acceptors (Lipinski definition) is 0.